The molecule has 1 unspecified atom stereocenters. The van der Waals surface area contributed by atoms with Crippen LogP contribution in [0.15, 0.2) is 34.2 Å². The van der Waals surface area contributed by atoms with Gasteiger partial charge in [0.1, 0.15) is 0 Å². The number of likely N-dealkylation sites (N-methyl/N-ethyl adjacent to an activating group) is 1. The lowest BCUT2D eigenvalue weighted by molar-refractivity contribution is 0.222. The van der Waals surface area contributed by atoms with E-state index in [4.69, 9.17) is 0 Å². The number of aliphatic imine (C=N–C) groups is 1. The van der Waals surface area contributed by atoms with Crippen LogP contribution in [0, 0.1) is 5.41 Å². The number of hydrogen-bond donors (Lipinski definition) is 2. The molecule has 30 heavy (non-hydrogen) atoms. The van der Waals surface area contributed by atoms with Gasteiger partial charge in [0.2, 0.25) is 10.0 Å². The van der Waals surface area contributed by atoms with Crippen molar-refractivity contribution in [2.24, 2.45) is 10.4 Å². The van der Waals surface area contributed by atoms with E-state index in [1.807, 2.05) is 19.2 Å². The number of hydrogen-bond acceptors (Lipinski definition) is 4. The second-order valence-corrected chi connectivity index (χ2v) is 11.3. The van der Waals surface area contributed by atoms with Gasteiger partial charge in [-0.2, -0.15) is 4.31 Å². The SMILES string of the molecule is CN=C(NCc1ccccc1S(=O)(=O)N1CCN(C)CC1)NC(C)CCC(C)(C)C. The predicted octanol–water partition coefficient (Wildman–Crippen LogP) is 2.50. The van der Waals surface area contributed by atoms with Gasteiger partial charge in [0.25, 0.3) is 0 Å². The van der Waals surface area contributed by atoms with Crippen LogP contribution in [-0.2, 0) is 16.6 Å². The molecule has 0 amide bonds. The van der Waals surface area contributed by atoms with Gasteiger partial charge < -0.3 is 15.5 Å². The number of sulfonamides is 1. The number of nitrogens with one attached hydrogen (secondary N) is 2. The summed E-state index contributed by atoms with van der Waals surface area (Å²) in [6.45, 7) is 11.8. The molecule has 0 aromatic heterocycles. The molecule has 1 aromatic carbocycles. The fourth-order valence-corrected chi connectivity index (χ4v) is 5.04. The number of nitrogens with zero attached hydrogens (tertiary/aromatic N) is 3. The summed E-state index contributed by atoms with van der Waals surface area (Å²) in [6, 6.07) is 7.51. The Kier molecular flexibility index (Phi) is 8.70. The Balaban J connectivity index is 2.03. The van der Waals surface area contributed by atoms with Gasteiger partial charge in [-0.1, -0.05) is 39.0 Å². The Labute approximate surface area is 183 Å². The Morgan fingerprint density at radius 2 is 1.80 bits per heavy atom. The standard InChI is InChI=1S/C22H39N5O2S/c1-18(11-12-22(2,3)4)25-21(23-5)24-17-19-9-7-8-10-20(19)30(28,29)27-15-13-26(6)14-16-27/h7-10,18H,11-17H2,1-6H3,(H2,23,24,25). The lowest BCUT2D eigenvalue weighted by Gasteiger charge is -2.32. The number of rotatable bonds is 7. The molecule has 1 aliphatic rings. The maximum Gasteiger partial charge on any atom is 0.243 e. The van der Waals surface area contributed by atoms with Gasteiger partial charge in [0.05, 0.1) is 4.90 Å². The molecule has 1 aliphatic heterocycles. The molecule has 1 heterocycles. The molecule has 0 saturated carbocycles. The zero-order valence-corrected chi connectivity index (χ0v) is 20.2. The largest absolute Gasteiger partial charge is 0.354 e. The van der Waals surface area contributed by atoms with E-state index in [0.29, 0.717) is 35.9 Å². The first kappa shape index (κ1) is 24.6. The van der Waals surface area contributed by atoms with E-state index in [-0.39, 0.29) is 6.04 Å². The first-order valence-corrected chi connectivity index (χ1v) is 12.2. The Hall–Kier alpha value is -1.64. The maximum atomic E-state index is 13.2. The molecule has 0 spiro atoms. The van der Waals surface area contributed by atoms with Crippen LogP contribution in [0.1, 0.15) is 46.1 Å². The minimum atomic E-state index is -3.51. The Bertz CT molecular complexity index is 809. The molecule has 2 rings (SSSR count). The highest BCUT2D eigenvalue weighted by Crippen LogP contribution is 2.22. The summed E-state index contributed by atoms with van der Waals surface area (Å²) >= 11 is 0. The van der Waals surface area contributed by atoms with Gasteiger partial charge in [0.15, 0.2) is 5.96 Å². The van der Waals surface area contributed by atoms with E-state index in [0.717, 1.165) is 31.5 Å². The van der Waals surface area contributed by atoms with Gasteiger partial charge in [-0.25, -0.2) is 8.42 Å². The van der Waals surface area contributed by atoms with Gasteiger partial charge in [-0.05, 0) is 43.9 Å². The molecule has 0 aliphatic carbocycles. The van der Waals surface area contributed by atoms with Gasteiger partial charge in [-0.15, -0.1) is 0 Å². The molecule has 170 valence electrons. The van der Waals surface area contributed by atoms with E-state index in [1.54, 1.807) is 23.5 Å². The second kappa shape index (κ2) is 10.6. The third-order valence-corrected chi connectivity index (χ3v) is 7.43. The highest BCUT2D eigenvalue weighted by Gasteiger charge is 2.29. The fraction of sp³-hybridized carbons (Fsp3) is 0.682. The summed E-state index contributed by atoms with van der Waals surface area (Å²) in [4.78, 5) is 6.83. The summed E-state index contributed by atoms with van der Waals surface area (Å²) < 4.78 is 28.0. The monoisotopic (exact) mass is 437 g/mol. The summed E-state index contributed by atoms with van der Waals surface area (Å²) in [5, 5.41) is 6.69. The van der Waals surface area contributed by atoms with Crippen molar-refractivity contribution in [1.29, 1.82) is 0 Å². The molecule has 7 nitrogen and oxygen atoms in total. The number of piperazine rings is 1. The van der Waals surface area contributed by atoms with Crippen molar-refractivity contribution in [2.75, 3.05) is 40.3 Å². The van der Waals surface area contributed by atoms with Crippen LogP contribution in [0.2, 0.25) is 0 Å². The molecule has 0 radical (unpaired) electrons. The summed E-state index contributed by atoms with van der Waals surface area (Å²) in [7, 11) is 0.239. The van der Waals surface area contributed by atoms with Crippen molar-refractivity contribution < 1.29 is 8.42 Å². The Morgan fingerprint density at radius 3 is 2.40 bits per heavy atom. The van der Waals surface area contributed by atoms with Gasteiger partial charge >= 0.3 is 0 Å². The molecular weight excluding hydrogens is 398 g/mol. The van der Waals surface area contributed by atoms with Crippen LogP contribution in [0.25, 0.3) is 0 Å². The van der Waals surface area contributed by atoms with Crippen LogP contribution in [0.4, 0.5) is 0 Å². The molecule has 1 aromatic rings. The molecule has 1 atom stereocenters. The predicted molar refractivity (Wildman–Crippen MR) is 124 cm³/mol. The van der Waals surface area contributed by atoms with Crippen LogP contribution in [0.5, 0.6) is 0 Å². The van der Waals surface area contributed by atoms with E-state index in [9.17, 15) is 8.42 Å². The van der Waals surface area contributed by atoms with E-state index in [2.05, 4.69) is 48.2 Å². The highest BCUT2D eigenvalue weighted by atomic mass is 32.2. The van der Waals surface area contributed by atoms with Crippen molar-refractivity contribution in [3.8, 4) is 0 Å². The molecule has 1 fully saturated rings. The Morgan fingerprint density at radius 1 is 1.17 bits per heavy atom. The zero-order chi connectivity index (χ0) is 22.4. The van der Waals surface area contributed by atoms with Crippen molar-refractivity contribution in [2.45, 2.75) is 58.0 Å². The number of benzene rings is 1. The summed E-state index contributed by atoms with van der Waals surface area (Å²) in [5.74, 6) is 0.684. The third kappa shape index (κ3) is 7.25. The molecule has 1 saturated heterocycles. The third-order valence-electron chi connectivity index (χ3n) is 5.43. The van der Waals surface area contributed by atoms with Crippen molar-refractivity contribution >= 4 is 16.0 Å². The van der Waals surface area contributed by atoms with Gasteiger partial charge in [-0.3, -0.25) is 4.99 Å². The fourth-order valence-electron chi connectivity index (χ4n) is 3.40. The minimum absolute atomic E-state index is 0.278. The lowest BCUT2D eigenvalue weighted by atomic mass is 9.89. The van der Waals surface area contributed by atoms with Crippen molar-refractivity contribution in [3.63, 3.8) is 0 Å². The van der Waals surface area contributed by atoms with Crippen LogP contribution in [-0.4, -0.2) is 69.9 Å². The van der Waals surface area contributed by atoms with E-state index in [1.165, 1.54) is 0 Å². The van der Waals surface area contributed by atoms with E-state index < -0.39 is 10.0 Å². The topological polar surface area (TPSA) is 77.0 Å². The lowest BCUT2D eigenvalue weighted by Crippen LogP contribution is -2.47. The quantitative estimate of drug-likeness (QED) is 0.506. The molecule has 8 heteroatoms. The molecule has 2 N–H and O–H groups in total. The van der Waals surface area contributed by atoms with Crippen molar-refractivity contribution in [1.82, 2.24) is 19.8 Å². The highest BCUT2D eigenvalue weighted by molar-refractivity contribution is 7.89. The smallest absolute Gasteiger partial charge is 0.243 e. The minimum Gasteiger partial charge on any atom is -0.354 e. The molecule has 0 bridgehead atoms. The average Bonchev–Trinajstić information content (AvgIpc) is 2.69. The van der Waals surface area contributed by atoms with E-state index >= 15 is 0 Å². The average molecular weight is 438 g/mol. The normalized spacial score (nSPS) is 18.3. The van der Waals surface area contributed by atoms with Crippen molar-refractivity contribution in [3.05, 3.63) is 29.8 Å². The first-order valence-electron chi connectivity index (χ1n) is 10.8. The zero-order valence-electron chi connectivity index (χ0n) is 19.4. The summed E-state index contributed by atoms with van der Waals surface area (Å²) in [5.41, 5.74) is 1.05. The summed E-state index contributed by atoms with van der Waals surface area (Å²) in [6.07, 6.45) is 2.16. The van der Waals surface area contributed by atoms with Crippen LogP contribution >= 0.6 is 0 Å². The molecular formula is C22H39N5O2S. The maximum absolute atomic E-state index is 13.2. The van der Waals surface area contributed by atoms with Gasteiger partial charge in [0, 0.05) is 45.8 Å². The first-order chi connectivity index (χ1) is 14.0. The van der Waals surface area contributed by atoms with Crippen LogP contribution < -0.4 is 10.6 Å². The second-order valence-electron chi connectivity index (χ2n) is 9.39. The van der Waals surface area contributed by atoms with Crippen LogP contribution in [0.3, 0.4) is 0 Å². The number of guanidine groups is 1.